The maximum atomic E-state index is 13.7. The molecule has 1 amide bonds. The first-order valence-electron chi connectivity index (χ1n) is 13.3. The minimum atomic E-state index is -4.57. The van der Waals surface area contributed by atoms with Crippen molar-refractivity contribution in [3.8, 4) is 11.3 Å². The van der Waals surface area contributed by atoms with Gasteiger partial charge in [-0.15, -0.1) is 0 Å². The number of carbonyl (C=O) groups is 1. The third kappa shape index (κ3) is 5.89. The van der Waals surface area contributed by atoms with Gasteiger partial charge in [0.25, 0.3) is 5.56 Å². The number of aryl methyl sites for hydroxylation is 1. The van der Waals surface area contributed by atoms with Crippen molar-refractivity contribution in [2.24, 2.45) is 12.8 Å². The lowest BCUT2D eigenvalue weighted by atomic mass is 9.90. The Hall–Kier alpha value is -4.03. The van der Waals surface area contributed by atoms with Gasteiger partial charge in [0.15, 0.2) is 5.52 Å². The van der Waals surface area contributed by atoms with Crippen LogP contribution in [-0.2, 0) is 24.9 Å². The second kappa shape index (κ2) is 11.1. The Bertz CT molecular complexity index is 1590. The Balaban J connectivity index is 1.29. The van der Waals surface area contributed by atoms with E-state index in [9.17, 15) is 27.9 Å². The van der Waals surface area contributed by atoms with Crippen LogP contribution in [0.5, 0.6) is 0 Å². The van der Waals surface area contributed by atoms with Crippen molar-refractivity contribution in [3.63, 3.8) is 0 Å². The topological polar surface area (TPSA) is 119 Å². The minimum absolute atomic E-state index is 0.0365. The van der Waals surface area contributed by atoms with E-state index in [1.807, 2.05) is 24.3 Å². The molecule has 4 aromatic rings. The van der Waals surface area contributed by atoms with Gasteiger partial charge in [-0.25, -0.2) is 4.98 Å². The lowest BCUT2D eigenvalue weighted by molar-refractivity contribution is -0.162. The largest absolute Gasteiger partial charge is 0.396 e. The highest BCUT2D eigenvalue weighted by atomic mass is 19.4. The molecule has 3 heterocycles. The standard InChI is InChI=1S/C29H31F3N6O3/c1-36-26(21-9-7-19(16-33)8-10-21)24-25(35-36)27(40)38(18-34-24)17-28(41)11-13-37(14-12-28)23(39)15-22(29(30,31)32)20-5-3-2-4-6-20/h2-10,18,22,41H,11-17,33H2,1H3. The highest BCUT2D eigenvalue weighted by molar-refractivity contribution is 5.89. The van der Waals surface area contributed by atoms with E-state index >= 15 is 0 Å². The van der Waals surface area contributed by atoms with Crippen LogP contribution in [0.15, 0.2) is 65.7 Å². The Morgan fingerprint density at radius 1 is 1.07 bits per heavy atom. The Morgan fingerprint density at radius 2 is 1.73 bits per heavy atom. The van der Waals surface area contributed by atoms with Crippen molar-refractivity contribution in [1.82, 2.24) is 24.2 Å². The van der Waals surface area contributed by atoms with Gasteiger partial charge < -0.3 is 15.7 Å². The molecule has 1 aliphatic rings. The molecule has 1 atom stereocenters. The van der Waals surface area contributed by atoms with Crippen molar-refractivity contribution in [2.75, 3.05) is 13.1 Å². The fourth-order valence-electron chi connectivity index (χ4n) is 5.39. The molecule has 1 aliphatic heterocycles. The summed E-state index contributed by atoms with van der Waals surface area (Å²) in [6.07, 6.45) is -3.70. The summed E-state index contributed by atoms with van der Waals surface area (Å²) in [5.74, 6) is -2.53. The molecule has 12 heteroatoms. The molecule has 3 N–H and O–H groups in total. The summed E-state index contributed by atoms with van der Waals surface area (Å²) in [5.41, 5.74) is 7.02. The lowest BCUT2D eigenvalue weighted by Gasteiger charge is -2.39. The highest BCUT2D eigenvalue weighted by Gasteiger charge is 2.43. The normalized spacial score (nSPS) is 16.2. The Labute approximate surface area is 234 Å². The van der Waals surface area contributed by atoms with Gasteiger partial charge in [0.05, 0.1) is 30.1 Å². The molecule has 0 aliphatic carbocycles. The maximum Gasteiger partial charge on any atom is 0.396 e. The number of carbonyl (C=O) groups excluding carboxylic acids is 1. The zero-order valence-corrected chi connectivity index (χ0v) is 22.5. The van der Waals surface area contributed by atoms with E-state index in [2.05, 4.69) is 10.1 Å². The monoisotopic (exact) mass is 568 g/mol. The average Bonchev–Trinajstić information content (AvgIpc) is 3.30. The molecule has 0 bridgehead atoms. The molecule has 41 heavy (non-hydrogen) atoms. The van der Waals surface area contributed by atoms with Crippen LogP contribution >= 0.6 is 0 Å². The molecular formula is C29H31F3N6O3. The van der Waals surface area contributed by atoms with Crippen molar-refractivity contribution in [1.29, 1.82) is 0 Å². The number of nitrogens with zero attached hydrogens (tertiary/aromatic N) is 5. The van der Waals surface area contributed by atoms with Crippen LogP contribution in [0, 0.1) is 0 Å². The zero-order valence-electron chi connectivity index (χ0n) is 22.5. The number of likely N-dealkylation sites (tertiary alicyclic amines) is 1. The average molecular weight is 569 g/mol. The van der Waals surface area contributed by atoms with E-state index in [1.54, 1.807) is 17.8 Å². The van der Waals surface area contributed by atoms with E-state index < -0.39 is 35.6 Å². The third-order valence-electron chi connectivity index (χ3n) is 7.76. The quantitative estimate of drug-likeness (QED) is 0.353. The molecular weight excluding hydrogens is 537 g/mol. The number of hydrogen-bond acceptors (Lipinski definition) is 6. The van der Waals surface area contributed by atoms with E-state index in [0.29, 0.717) is 17.8 Å². The lowest BCUT2D eigenvalue weighted by Crippen LogP contribution is -2.50. The summed E-state index contributed by atoms with van der Waals surface area (Å²) in [6.45, 7) is 0.479. The van der Waals surface area contributed by atoms with Crippen molar-refractivity contribution in [2.45, 2.75) is 50.0 Å². The number of nitrogens with two attached hydrogens (primary N) is 1. The number of piperidine rings is 1. The van der Waals surface area contributed by atoms with Gasteiger partial charge in [0.2, 0.25) is 5.91 Å². The number of aliphatic hydroxyl groups is 1. The molecule has 0 saturated carbocycles. The number of hydrogen-bond donors (Lipinski definition) is 2. The number of benzene rings is 2. The Morgan fingerprint density at radius 3 is 2.34 bits per heavy atom. The van der Waals surface area contributed by atoms with Crippen LogP contribution in [0.4, 0.5) is 13.2 Å². The number of amides is 1. The molecule has 9 nitrogen and oxygen atoms in total. The first-order chi connectivity index (χ1) is 19.5. The molecule has 1 saturated heterocycles. The first kappa shape index (κ1) is 28.5. The van der Waals surface area contributed by atoms with Crippen LogP contribution in [0.25, 0.3) is 22.3 Å². The molecule has 2 aromatic heterocycles. The van der Waals surface area contributed by atoms with E-state index in [0.717, 1.165) is 11.1 Å². The maximum absolute atomic E-state index is 13.7. The van der Waals surface area contributed by atoms with E-state index in [1.165, 1.54) is 40.1 Å². The van der Waals surface area contributed by atoms with Gasteiger partial charge in [-0.2, -0.15) is 18.3 Å². The van der Waals surface area contributed by atoms with Crippen molar-refractivity contribution in [3.05, 3.63) is 82.4 Å². The van der Waals surface area contributed by atoms with Crippen LogP contribution in [-0.4, -0.2) is 60.1 Å². The second-order valence-electron chi connectivity index (χ2n) is 10.6. The van der Waals surface area contributed by atoms with Crippen molar-refractivity contribution < 1.29 is 23.1 Å². The molecule has 1 unspecified atom stereocenters. The van der Waals surface area contributed by atoms with E-state index in [-0.39, 0.29) is 43.6 Å². The number of rotatable bonds is 7. The first-order valence-corrected chi connectivity index (χ1v) is 13.3. The fourth-order valence-corrected chi connectivity index (χ4v) is 5.39. The summed E-state index contributed by atoms with van der Waals surface area (Å²) in [5, 5.41) is 15.6. The third-order valence-corrected chi connectivity index (χ3v) is 7.76. The van der Waals surface area contributed by atoms with E-state index in [4.69, 9.17) is 5.73 Å². The van der Waals surface area contributed by atoms with Gasteiger partial charge in [-0.3, -0.25) is 18.8 Å². The van der Waals surface area contributed by atoms with Crippen LogP contribution in [0.2, 0.25) is 0 Å². The highest BCUT2D eigenvalue weighted by Crippen LogP contribution is 2.38. The molecule has 1 fully saturated rings. The van der Waals surface area contributed by atoms with Gasteiger partial charge in [0.1, 0.15) is 5.52 Å². The van der Waals surface area contributed by atoms with Gasteiger partial charge in [0, 0.05) is 38.7 Å². The van der Waals surface area contributed by atoms with Gasteiger partial charge in [-0.1, -0.05) is 54.6 Å². The molecule has 0 radical (unpaired) electrons. The molecule has 0 spiro atoms. The predicted molar refractivity (Wildman–Crippen MR) is 147 cm³/mol. The second-order valence-corrected chi connectivity index (χ2v) is 10.6. The van der Waals surface area contributed by atoms with Crippen LogP contribution in [0.1, 0.15) is 36.3 Å². The SMILES string of the molecule is Cn1nc2c(=O)n(CC3(O)CCN(C(=O)CC(c4ccccc4)C(F)(F)F)CC3)cnc2c1-c1ccc(CN)cc1. The predicted octanol–water partition coefficient (Wildman–Crippen LogP) is 3.35. The Kier molecular flexibility index (Phi) is 7.71. The number of fused-ring (bicyclic) bond motifs is 1. The minimum Gasteiger partial charge on any atom is -0.388 e. The van der Waals surface area contributed by atoms with Crippen LogP contribution in [0.3, 0.4) is 0 Å². The summed E-state index contributed by atoms with van der Waals surface area (Å²) in [6, 6.07) is 14.9. The summed E-state index contributed by atoms with van der Waals surface area (Å²) >= 11 is 0. The fraction of sp³-hybridized carbons (Fsp3) is 0.379. The molecule has 2 aromatic carbocycles. The van der Waals surface area contributed by atoms with Crippen LogP contribution < -0.4 is 11.3 Å². The number of alkyl halides is 3. The van der Waals surface area contributed by atoms with Crippen molar-refractivity contribution >= 4 is 16.9 Å². The zero-order chi connectivity index (χ0) is 29.4. The van der Waals surface area contributed by atoms with Gasteiger partial charge in [-0.05, 0) is 24.0 Å². The summed E-state index contributed by atoms with van der Waals surface area (Å²) in [4.78, 5) is 32.0. The molecule has 5 rings (SSSR count). The smallest absolute Gasteiger partial charge is 0.388 e. The molecule has 216 valence electrons. The number of halogens is 3. The van der Waals surface area contributed by atoms with Gasteiger partial charge >= 0.3 is 6.18 Å². The number of aromatic nitrogens is 4. The summed E-state index contributed by atoms with van der Waals surface area (Å²) in [7, 11) is 1.72. The summed E-state index contributed by atoms with van der Waals surface area (Å²) < 4.78 is 44.1.